The molecule has 0 bridgehead atoms. The van der Waals surface area contributed by atoms with Crippen molar-refractivity contribution >= 4 is 0 Å². The van der Waals surface area contributed by atoms with E-state index in [9.17, 15) is 13.2 Å². The summed E-state index contributed by atoms with van der Waals surface area (Å²) in [6, 6.07) is 11.9. The van der Waals surface area contributed by atoms with Gasteiger partial charge in [0, 0.05) is 23.7 Å². The van der Waals surface area contributed by atoms with Crippen molar-refractivity contribution in [3.05, 3.63) is 65.8 Å². The molecule has 5 heteroatoms. The summed E-state index contributed by atoms with van der Waals surface area (Å²) in [4.78, 5) is 4.33. The number of nitrogens with zero attached hydrogens (tertiary/aromatic N) is 1. The molecule has 0 aliphatic heterocycles. The standard InChI is InChI=1S/C16H13F3NO/c17-16(18,19)21-12-5-3-4-11(10-12)13-7-8-14(13)15-6-1-2-9-20-15/h1-6,9-10,14H,7-8H2. The monoisotopic (exact) mass is 292 g/mol. The minimum atomic E-state index is -4.66. The molecule has 1 aromatic heterocycles. The fourth-order valence-electron chi connectivity index (χ4n) is 2.58. The molecule has 0 N–H and O–H groups in total. The molecule has 1 aliphatic carbocycles. The highest BCUT2D eigenvalue weighted by Gasteiger charge is 2.36. The average molecular weight is 292 g/mol. The van der Waals surface area contributed by atoms with Crippen LogP contribution in [0.2, 0.25) is 0 Å². The molecule has 1 radical (unpaired) electrons. The Morgan fingerprint density at radius 1 is 1.10 bits per heavy atom. The fourth-order valence-corrected chi connectivity index (χ4v) is 2.58. The van der Waals surface area contributed by atoms with Crippen molar-refractivity contribution in [3.63, 3.8) is 0 Å². The van der Waals surface area contributed by atoms with Crippen LogP contribution in [-0.2, 0) is 0 Å². The molecule has 3 rings (SSSR count). The third kappa shape index (κ3) is 3.17. The second kappa shape index (κ2) is 5.39. The summed E-state index contributed by atoms with van der Waals surface area (Å²) in [6.07, 6.45) is -1.09. The van der Waals surface area contributed by atoms with Crippen molar-refractivity contribution in [1.82, 2.24) is 4.98 Å². The highest BCUT2D eigenvalue weighted by molar-refractivity contribution is 5.44. The van der Waals surface area contributed by atoms with E-state index < -0.39 is 6.36 Å². The molecule has 2 nitrogen and oxygen atoms in total. The maximum atomic E-state index is 12.3. The number of benzene rings is 1. The molecule has 1 atom stereocenters. The SMILES string of the molecule is FC(F)(F)Oc1cccc([C]2CCC2c2ccccn2)c1. The normalized spacial score (nSPS) is 19.1. The van der Waals surface area contributed by atoms with Crippen molar-refractivity contribution in [3.8, 4) is 5.75 Å². The van der Waals surface area contributed by atoms with E-state index in [4.69, 9.17) is 0 Å². The summed E-state index contributed by atoms with van der Waals surface area (Å²) in [5.74, 6) is 1.12. The Labute approximate surface area is 120 Å². The molecule has 109 valence electrons. The first-order valence-corrected chi connectivity index (χ1v) is 6.66. The highest BCUT2D eigenvalue weighted by atomic mass is 19.4. The zero-order chi connectivity index (χ0) is 14.9. The molecule has 0 amide bonds. The van der Waals surface area contributed by atoms with Crippen LogP contribution >= 0.6 is 0 Å². The van der Waals surface area contributed by atoms with Gasteiger partial charge in [0.1, 0.15) is 5.75 Å². The zero-order valence-corrected chi connectivity index (χ0v) is 11.1. The third-order valence-corrected chi connectivity index (χ3v) is 3.61. The first-order chi connectivity index (χ1) is 10.0. The smallest absolute Gasteiger partial charge is 0.406 e. The number of halogens is 3. The molecule has 21 heavy (non-hydrogen) atoms. The Morgan fingerprint density at radius 2 is 1.95 bits per heavy atom. The summed E-state index contributed by atoms with van der Waals surface area (Å²) < 4.78 is 40.8. The molecular weight excluding hydrogens is 279 g/mol. The van der Waals surface area contributed by atoms with Crippen LogP contribution in [0.1, 0.15) is 30.0 Å². The predicted molar refractivity (Wildman–Crippen MR) is 71.7 cm³/mol. The average Bonchev–Trinajstić information content (AvgIpc) is 2.37. The maximum Gasteiger partial charge on any atom is 0.573 e. The van der Waals surface area contributed by atoms with Crippen LogP contribution in [0, 0.1) is 5.92 Å². The van der Waals surface area contributed by atoms with Gasteiger partial charge in [-0.3, -0.25) is 4.98 Å². The van der Waals surface area contributed by atoms with Gasteiger partial charge in [-0.25, -0.2) is 0 Å². The third-order valence-electron chi connectivity index (χ3n) is 3.61. The van der Waals surface area contributed by atoms with Crippen molar-refractivity contribution in [2.45, 2.75) is 25.1 Å². The molecule has 1 fully saturated rings. The van der Waals surface area contributed by atoms with Gasteiger partial charge in [0.25, 0.3) is 0 Å². The molecule has 1 saturated carbocycles. The molecule has 1 unspecified atom stereocenters. The summed E-state index contributed by atoms with van der Waals surface area (Å²) in [7, 11) is 0. The van der Waals surface area contributed by atoms with Crippen LogP contribution in [0.3, 0.4) is 0 Å². The van der Waals surface area contributed by atoms with Crippen LogP contribution in [0.4, 0.5) is 13.2 Å². The fraction of sp³-hybridized carbons (Fsp3) is 0.250. The summed E-state index contributed by atoms with van der Waals surface area (Å²) in [5.41, 5.74) is 1.75. The van der Waals surface area contributed by atoms with Gasteiger partial charge in [0.2, 0.25) is 0 Å². The number of hydrogen-bond acceptors (Lipinski definition) is 2. The van der Waals surface area contributed by atoms with Crippen LogP contribution in [-0.4, -0.2) is 11.3 Å². The Hall–Kier alpha value is -2.04. The minimum Gasteiger partial charge on any atom is -0.406 e. The van der Waals surface area contributed by atoms with Crippen LogP contribution < -0.4 is 4.74 Å². The number of hydrogen-bond donors (Lipinski definition) is 0. The Balaban J connectivity index is 1.80. The number of rotatable bonds is 3. The van der Waals surface area contributed by atoms with E-state index in [0.29, 0.717) is 0 Å². The van der Waals surface area contributed by atoms with Gasteiger partial charge in [0.15, 0.2) is 0 Å². The van der Waals surface area contributed by atoms with Gasteiger partial charge >= 0.3 is 6.36 Å². The lowest BCUT2D eigenvalue weighted by molar-refractivity contribution is -0.274. The van der Waals surface area contributed by atoms with Crippen LogP contribution in [0.25, 0.3) is 0 Å². The second-order valence-electron chi connectivity index (χ2n) is 4.95. The topological polar surface area (TPSA) is 22.1 Å². The van der Waals surface area contributed by atoms with Gasteiger partial charge in [-0.15, -0.1) is 13.2 Å². The second-order valence-corrected chi connectivity index (χ2v) is 4.95. The number of alkyl halides is 3. The lowest BCUT2D eigenvalue weighted by Crippen LogP contribution is -2.24. The Kier molecular flexibility index (Phi) is 3.57. The molecule has 2 aromatic rings. The van der Waals surface area contributed by atoms with Crippen LogP contribution in [0.5, 0.6) is 5.75 Å². The maximum absolute atomic E-state index is 12.3. The van der Waals surface area contributed by atoms with Crippen LogP contribution in [0.15, 0.2) is 48.7 Å². The van der Waals surface area contributed by atoms with Gasteiger partial charge in [-0.1, -0.05) is 18.2 Å². The molecule has 0 spiro atoms. The summed E-state index contributed by atoms with van der Waals surface area (Å²) in [5, 5.41) is 0. The van der Waals surface area contributed by atoms with E-state index >= 15 is 0 Å². The number of ether oxygens (including phenoxy) is 1. The van der Waals surface area contributed by atoms with Crippen molar-refractivity contribution in [2.24, 2.45) is 0 Å². The van der Waals surface area contributed by atoms with E-state index in [1.54, 1.807) is 12.3 Å². The van der Waals surface area contributed by atoms with Crippen molar-refractivity contribution < 1.29 is 17.9 Å². The first-order valence-electron chi connectivity index (χ1n) is 6.66. The number of aromatic nitrogens is 1. The molecule has 1 heterocycles. The van der Waals surface area contributed by atoms with E-state index in [-0.39, 0.29) is 11.7 Å². The quantitative estimate of drug-likeness (QED) is 0.832. The predicted octanol–water partition coefficient (Wildman–Crippen LogP) is 4.48. The number of pyridine rings is 1. The highest BCUT2D eigenvalue weighted by Crippen LogP contribution is 2.48. The molecular formula is C16H13F3NO. The largest absolute Gasteiger partial charge is 0.573 e. The molecule has 1 aromatic carbocycles. The van der Waals surface area contributed by atoms with E-state index in [1.165, 1.54) is 12.1 Å². The van der Waals surface area contributed by atoms with Gasteiger partial charge in [-0.05, 0) is 42.7 Å². The summed E-state index contributed by atoms with van der Waals surface area (Å²) in [6.45, 7) is 0. The van der Waals surface area contributed by atoms with Crippen molar-refractivity contribution in [1.29, 1.82) is 0 Å². The van der Waals surface area contributed by atoms with E-state index in [2.05, 4.69) is 9.72 Å². The van der Waals surface area contributed by atoms with Crippen molar-refractivity contribution in [2.75, 3.05) is 0 Å². The summed E-state index contributed by atoms with van der Waals surface area (Å²) >= 11 is 0. The lowest BCUT2D eigenvalue weighted by atomic mass is 9.68. The zero-order valence-electron chi connectivity index (χ0n) is 11.1. The molecule has 1 aliphatic rings. The van der Waals surface area contributed by atoms with Gasteiger partial charge in [0.05, 0.1) is 0 Å². The molecule has 0 saturated heterocycles. The first kappa shape index (κ1) is 13.9. The van der Waals surface area contributed by atoms with E-state index in [1.807, 2.05) is 24.3 Å². The van der Waals surface area contributed by atoms with E-state index in [0.717, 1.165) is 30.0 Å². The lowest BCUT2D eigenvalue weighted by Gasteiger charge is -2.36. The van der Waals surface area contributed by atoms with Gasteiger partial charge in [-0.2, -0.15) is 0 Å². The Morgan fingerprint density at radius 3 is 2.57 bits per heavy atom. The van der Waals surface area contributed by atoms with Gasteiger partial charge < -0.3 is 4.74 Å². The Bertz CT molecular complexity index is 612. The minimum absolute atomic E-state index is 0.181.